The van der Waals surface area contributed by atoms with Crippen molar-refractivity contribution >= 4 is 15.9 Å². The summed E-state index contributed by atoms with van der Waals surface area (Å²) in [5.41, 5.74) is 2.57. The predicted molar refractivity (Wildman–Crippen MR) is 73.8 cm³/mol. The van der Waals surface area contributed by atoms with Crippen LogP contribution in [0.2, 0.25) is 0 Å². The molecule has 0 unspecified atom stereocenters. The first-order valence-corrected chi connectivity index (χ1v) is 6.48. The van der Waals surface area contributed by atoms with Crippen LogP contribution in [-0.4, -0.2) is 11.5 Å². The van der Waals surface area contributed by atoms with Crippen LogP contribution in [-0.2, 0) is 13.0 Å². The fourth-order valence-electron chi connectivity index (χ4n) is 1.66. The molecule has 0 radical (unpaired) electrons. The maximum atomic E-state index is 4.13. The lowest BCUT2D eigenvalue weighted by Crippen LogP contribution is -2.16. The quantitative estimate of drug-likeness (QED) is 0.856. The van der Waals surface area contributed by atoms with Gasteiger partial charge in [0.1, 0.15) is 0 Å². The molecule has 3 heteroatoms. The smallest absolute Gasteiger partial charge is 0.0410 e. The Hall–Kier alpha value is -1.19. The lowest BCUT2D eigenvalue weighted by atomic mass is 10.1. The van der Waals surface area contributed by atoms with Crippen molar-refractivity contribution in [3.63, 3.8) is 0 Å². The van der Waals surface area contributed by atoms with E-state index in [-0.39, 0.29) is 0 Å². The van der Waals surface area contributed by atoms with Gasteiger partial charge in [0.2, 0.25) is 0 Å². The van der Waals surface area contributed by atoms with Crippen molar-refractivity contribution in [1.82, 2.24) is 10.3 Å². The van der Waals surface area contributed by atoms with Crippen LogP contribution in [0.15, 0.2) is 53.3 Å². The first kappa shape index (κ1) is 12.3. The second-order valence-corrected chi connectivity index (χ2v) is 4.84. The van der Waals surface area contributed by atoms with E-state index in [0.29, 0.717) is 0 Å². The second kappa shape index (κ2) is 6.52. The van der Waals surface area contributed by atoms with Crippen LogP contribution in [0.1, 0.15) is 11.1 Å². The van der Waals surface area contributed by atoms with E-state index in [1.54, 1.807) is 6.20 Å². The monoisotopic (exact) mass is 290 g/mol. The molecule has 0 saturated carbocycles. The zero-order valence-electron chi connectivity index (χ0n) is 9.57. The molecule has 1 heterocycles. The molecule has 0 fully saturated rings. The van der Waals surface area contributed by atoms with Gasteiger partial charge in [0.25, 0.3) is 0 Å². The van der Waals surface area contributed by atoms with Crippen molar-refractivity contribution in [3.05, 3.63) is 64.4 Å². The van der Waals surface area contributed by atoms with Crippen molar-refractivity contribution in [2.45, 2.75) is 13.0 Å². The van der Waals surface area contributed by atoms with E-state index < -0.39 is 0 Å². The summed E-state index contributed by atoms with van der Waals surface area (Å²) in [5.74, 6) is 0. The van der Waals surface area contributed by atoms with Gasteiger partial charge in [0.05, 0.1) is 0 Å². The molecule has 17 heavy (non-hydrogen) atoms. The van der Waals surface area contributed by atoms with Gasteiger partial charge in [-0.05, 0) is 46.1 Å². The van der Waals surface area contributed by atoms with Gasteiger partial charge < -0.3 is 5.32 Å². The van der Waals surface area contributed by atoms with Gasteiger partial charge in [-0.1, -0.05) is 30.3 Å². The summed E-state index contributed by atoms with van der Waals surface area (Å²) in [6.07, 6.45) is 4.75. The minimum atomic E-state index is 0.860. The van der Waals surface area contributed by atoms with E-state index in [4.69, 9.17) is 0 Å². The topological polar surface area (TPSA) is 24.9 Å². The Morgan fingerprint density at radius 1 is 1.06 bits per heavy atom. The third kappa shape index (κ3) is 4.29. The minimum Gasteiger partial charge on any atom is -0.312 e. The Kier molecular flexibility index (Phi) is 4.71. The van der Waals surface area contributed by atoms with Crippen molar-refractivity contribution in [2.75, 3.05) is 6.54 Å². The minimum absolute atomic E-state index is 0.860. The van der Waals surface area contributed by atoms with Crippen molar-refractivity contribution in [3.8, 4) is 0 Å². The average Bonchev–Trinajstić information content (AvgIpc) is 2.36. The molecule has 0 spiro atoms. The molecule has 0 bridgehead atoms. The summed E-state index contributed by atoms with van der Waals surface area (Å²) in [4.78, 5) is 4.13. The summed E-state index contributed by atoms with van der Waals surface area (Å²) in [7, 11) is 0. The zero-order valence-corrected chi connectivity index (χ0v) is 11.2. The second-order valence-electron chi connectivity index (χ2n) is 3.92. The molecule has 0 amide bonds. The zero-order chi connectivity index (χ0) is 11.9. The third-order valence-corrected chi connectivity index (χ3v) is 2.96. The molecule has 88 valence electrons. The highest BCUT2D eigenvalue weighted by Crippen LogP contribution is 2.09. The Labute approximate surface area is 110 Å². The molecule has 1 aromatic heterocycles. The van der Waals surface area contributed by atoms with Crippen LogP contribution >= 0.6 is 15.9 Å². The molecule has 2 nitrogen and oxygen atoms in total. The fraction of sp³-hybridized carbons (Fsp3) is 0.214. The number of pyridine rings is 1. The first-order valence-electron chi connectivity index (χ1n) is 5.68. The highest BCUT2D eigenvalue weighted by molar-refractivity contribution is 9.10. The van der Waals surface area contributed by atoms with Crippen molar-refractivity contribution < 1.29 is 0 Å². The summed E-state index contributed by atoms with van der Waals surface area (Å²) >= 11 is 3.42. The lowest BCUT2D eigenvalue weighted by Gasteiger charge is -2.05. The third-order valence-electron chi connectivity index (χ3n) is 2.52. The van der Waals surface area contributed by atoms with E-state index in [1.165, 1.54) is 11.1 Å². The van der Waals surface area contributed by atoms with Crippen LogP contribution in [0, 0.1) is 0 Å². The normalized spacial score (nSPS) is 10.4. The van der Waals surface area contributed by atoms with Crippen LogP contribution in [0.5, 0.6) is 0 Å². The molecule has 0 atom stereocenters. The highest BCUT2D eigenvalue weighted by atomic mass is 79.9. The molecule has 1 aromatic carbocycles. The number of benzene rings is 1. The van der Waals surface area contributed by atoms with Crippen LogP contribution in [0.25, 0.3) is 0 Å². The molecule has 2 aromatic rings. The molecule has 0 saturated heterocycles. The van der Waals surface area contributed by atoms with Gasteiger partial charge in [-0.15, -0.1) is 0 Å². The van der Waals surface area contributed by atoms with Crippen LogP contribution in [0.3, 0.4) is 0 Å². The molecule has 0 aliphatic heterocycles. The van der Waals surface area contributed by atoms with E-state index in [0.717, 1.165) is 24.0 Å². The number of hydrogen-bond donors (Lipinski definition) is 1. The van der Waals surface area contributed by atoms with Gasteiger partial charge in [-0.2, -0.15) is 0 Å². The molecule has 1 N–H and O–H groups in total. The Morgan fingerprint density at radius 3 is 2.65 bits per heavy atom. The molecule has 2 rings (SSSR count). The van der Waals surface area contributed by atoms with Crippen LogP contribution in [0.4, 0.5) is 0 Å². The fourth-order valence-corrected chi connectivity index (χ4v) is 2.07. The van der Waals surface area contributed by atoms with E-state index in [9.17, 15) is 0 Å². The van der Waals surface area contributed by atoms with Gasteiger partial charge in [-0.25, -0.2) is 0 Å². The lowest BCUT2D eigenvalue weighted by molar-refractivity contribution is 0.685. The largest absolute Gasteiger partial charge is 0.312 e. The maximum absolute atomic E-state index is 4.13. The predicted octanol–water partition coefficient (Wildman–Crippen LogP) is 3.18. The van der Waals surface area contributed by atoms with Gasteiger partial charge in [0.15, 0.2) is 0 Å². The standard InChI is InChI=1S/C14H15BrN2/c15-14-8-13(10-17-11-14)9-16-7-6-12-4-2-1-3-5-12/h1-5,8,10-11,16H,6-7,9H2. The average molecular weight is 291 g/mol. The van der Waals surface area contributed by atoms with E-state index in [1.807, 2.05) is 12.3 Å². The molecule has 0 aliphatic carbocycles. The summed E-state index contributed by atoms with van der Waals surface area (Å²) < 4.78 is 1.03. The maximum Gasteiger partial charge on any atom is 0.0410 e. The van der Waals surface area contributed by atoms with Gasteiger partial charge >= 0.3 is 0 Å². The molecular weight excluding hydrogens is 276 g/mol. The van der Waals surface area contributed by atoms with E-state index in [2.05, 4.69) is 56.6 Å². The number of nitrogens with zero attached hydrogens (tertiary/aromatic N) is 1. The Balaban J connectivity index is 1.73. The SMILES string of the molecule is Brc1cncc(CNCCc2ccccc2)c1. The van der Waals surface area contributed by atoms with Crippen LogP contribution < -0.4 is 5.32 Å². The van der Waals surface area contributed by atoms with Gasteiger partial charge in [-0.3, -0.25) is 4.98 Å². The molecule has 0 aliphatic rings. The summed E-state index contributed by atoms with van der Waals surface area (Å²) in [6, 6.07) is 12.6. The van der Waals surface area contributed by atoms with Crippen molar-refractivity contribution in [2.24, 2.45) is 0 Å². The van der Waals surface area contributed by atoms with E-state index >= 15 is 0 Å². The number of nitrogens with one attached hydrogen (secondary N) is 1. The number of halogens is 1. The van der Waals surface area contributed by atoms with Crippen molar-refractivity contribution in [1.29, 1.82) is 0 Å². The highest BCUT2D eigenvalue weighted by Gasteiger charge is 1.95. The summed E-state index contributed by atoms with van der Waals surface area (Å²) in [5, 5.41) is 3.42. The first-order chi connectivity index (χ1) is 8.34. The number of aromatic nitrogens is 1. The Morgan fingerprint density at radius 2 is 1.88 bits per heavy atom. The molecular formula is C14H15BrN2. The summed E-state index contributed by atoms with van der Waals surface area (Å²) in [6.45, 7) is 1.84. The number of rotatable bonds is 5. The van der Waals surface area contributed by atoms with Gasteiger partial charge in [0, 0.05) is 23.4 Å². The Bertz CT molecular complexity index is 457. The number of hydrogen-bond acceptors (Lipinski definition) is 2.